The van der Waals surface area contributed by atoms with Gasteiger partial charge in [-0.25, -0.2) is 8.42 Å². The summed E-state index contributed by atoms with van der Waals surface area (Å²) >= 11 is 0. The first-order chi connectivity index (χ1) is 10.7. The van der Waals surface area contributed by atoms with Gasteiger partial charge in [0.15, 0.2) is 0 Å². The molecule has 2 rings (SSSR count). The zero-order valence-corrected chi connectivity index (χ0v) is 13.5. The number of benzene rings is 1. The Kier molecular flexibility index (Phi) is 5.53. The molecule has 23 heavy (non-hydrogen) atoms. The maximum atomic E-state index is 12.6. The van der Waals surface area contributed by atoms with E-state index in [4.69, 9.17) is 0 Å². The van der Waals surface area contributed by atoms with Crippen LogP contribution in [0.3, 0.4) is 0 Å². The van der Waals surface area contributed by atoms with Crippen molar-refractivity contribution in [1.29, 1.82) is 0 Å². The number of nitrogens with one attached hydrogen (secondary N) is 1. The van der Waals surface area contributed by atoms with E-state index in [2.05, 4.69) is 10.1 Å². The van der Waals surface area contributed by atoms with E-state index in [1.54, 1.807) is 0 Å². The molecule has 1 heterocycles. The Morgan fingerprint density at radius 2 is 1.96 bits per heavy atom. The molecule has 0 unspecified atom stereocenters. The first-order valence-electron chi connectivity index (χ1n) is 7.23. The van der Waals surface area contributed by atoms with Crippen molar-refractivity contribution < 1.29 is 26.3 Å². The van der Waals surface area contributed by atoms with Crippen LogP contribution in [0.2, 0.25) is 0 Å². The van der Waals surface area contributed by atoms with Crippen LogP contribution in [0.15, 0.2) is 29.2 Å². The van der Waals surface area contributed by atoms with Crippen LogP contribution in [-0.4, -0.2) is 45.8 Å². The smallest absolute Gasteiger partial charge is 0.406 e. The number of ether oxygens (including phenoxy) is 1. The molecule has 0 amide bonds. The van der Waals surface area contributed by atoms with Crippen molar-refractivity contribution in [3.63, 3.8) is 0 Å². The molecule has 5 nitrogen and oxygen atoms in total. The van der Waals surface area contributed by atoms with Gasteiger partial charge in [0.1, 0.15) is 5.75 Å². The Balaban J connectivity index is 2.13. The van der Waals surface area contributed by atoms with Gasteiger partial charge in [0.25, 0.3) is 0 Å². The van der Waals surface area contributed by atoms with E-state index in [1.165, 1.54) is 4.31 Å². The highest BCUT2D eigenvalue weighted by atomic mass is 32.2. The van der Waals surface area contributed by atoms with Gasteiger partial charge in [-0.1, -0.05) is 0 Å². The fraction of sp³-hybridized carbons (Fsp3) is 0.571. The third-order valence-electron chi connectivity index (χ3n) is 3.67. The van der Waals surface area contributed by atoms with Crippen LogP contribution in [0.4, 0.5) is 13.2 Å². The molecule has 0 radical (unpaired) electrons. The Morgan fingerprint density at radius 1 is 1.30 bits per heavy atom. The zero-order chi connectivity index (χ0) is 17.1. The third-order valence-corrected chi connectivity index (χ3v) is 5.55. The van der Waals surface area contributed by atoms with Crippen LogP contribution in [0.1, 0.15) is 12.8 Å². The summed E-state index contributed by atoms with van der Waals surface area (Å²) in [5.41, 5.74) is 0. The Hall–Kier alpha value is -1.32. The van der Waals surface area contributed by atoms with E-state index >= 15 is 0 Å². The average molecular weight is 352 g/mol. The van der Waals surface area contributed by atoms with Crippen molar-refractivity contribution in [1.82, 2.24) is 9.62 Å². The number of hydrogen-bond donors (Lipinski definition) is 1. The summed E-state index contributed by atoms with van der Waals surface area (Å²) in [6.07, 6.45) is -3.08. The minimum absolute atomic E-state index is 0.0304. The van der Waals surface area contributed by atoms with Gasteiger partial charge in [0, 0.05) is 13.1 Å². The summed E-state index contributed by atoms with van der Waals surface area (Å²) in [5, 5.41) is 3.03. The first kappa shape index (κ1) is 18.0. The minimum Gasteiger partial charge on any atom is -0.406 e. The average Bonchev–Trinajstić information content (AvgIpc) is 2.47. The molecule has 1 saturated heterocycles. The summed E-state index contributed by atoms with van der Waals surface area (Å²) in [6.45, 7) is 1.55. The number of alkyl halides is 3. The van der Waals surface area contributed by atoms with E-state index in [9.17, 15) is 21.6 Å². The number of halogens is 3. The largest absolute Gasteiger partial charge is 0.573 e. The second-order valence-corrected chi connectivity index (χ2v) is 7.39. The molecule has 0 spiro atoms. The molecule has 1 aromatic rings. The standard InChI is InChI=1S/C14H19F3N2O3S/c1-18-9-11-3-2-8-19(10-11)23(20,21)13-6-4-12(5-7-13)22-14(15,16)17/h4-7,11,18H,2-3,8-10H2,1H3/t11-/m0/s1. The van der Waals surface area contributed by atoms with Crippen LogP contribution >= 0.6 is 0 Å². The molecule has 9 heteroatoms. The molecule has 1 N–H and O–H groups in total. The third kappa shape index (κ3) is 4.82. The maximum absolute atomic E-state index is 12.6. The molecule has 1 aliphatic heterocycles. The minimum atomic E-state index is -4.80. The number of sulfonamides is 1. The highest BCUT2D eigenvalue weighted by molar-refractivity contribution is 7.89. The Morgan fingerprint density at radius 3 is 2.52 bits per heavy atom. The molecule has 0 aliphatic carbocycles. The Labute approximate surface area is 133 Å². The van der Waals surface area contributed by atoms with Crippen molar-refractivity contribution in [2.45, 2.75) is 24.1 Å². The molecule has 1 aromatic carbocycles. The molecule has 0 saturated carbocycles. The molecule has 0 bridgehead atoms. The van der Waals surface area contributed by atoms with Crippen molar-refractivity contribution in [3.05, 3.63) is 24.3 Å². The lowest BCUT2D eigenvalue weighted by molar-refractivity contribution is -0.274. The molecule has 1 fully saturated rings. The molecule has 1 aliphatic rings. The lowest BCUT2D eigenvalue weighted by Crippen LogP contribution is -2.42. The number of piperidine rings is 1. The van der Waals surface area contributed by atoms with Gasteiger partial charge in [-0.2, -0.15) is 4.31 Å². The lowest BCUT2D eigenvalue weighted by atomic mass is 10.00. The van der Waals surface area contributed by atoms with Crippen molar-refractivity contribution in [2.24, 2.45) is 5.92 Å². The molecular formula is C14H19F3N2O3S. The number of rotatable bonds is 5. The van der Waals surface area contributed by atoms with Gasteiger partial charge in [0.2, 0.25) is 10.0 Å². The van der Waals surface area contributed by atoms with E-state index in [0.29, 0.717) is 13.1 Å². The van der Waals surface area contributed by atoms with E-state index in [0.717, 1.165) is 43.7 Å². The summed E-state index contributed by atoms with van der Waals surface area (Å²) in [7, 11) is -1.89. The molecule has 130 valence electrons. The van der Waals surface area contributed by atoms with Crippen LogP contribution in [0.25, 0.3) is 0 Å². The van der Waals surface area contributed by atoms with Gasteiger partial charge < -0.3 is 10.1 Å². The van der Waals surface area contributed by atoms with Crippen molar-refractivity contribution >= 4 is 10.0 Å². The highest BCUT2D eigenvalue weighted by Gasteiger charge is 2.32. The van der Waals surface area contributed by atoms with Crippen molar-refractivity contribution in [2.75, 3.05) is 26.7 Å². The molecule has 1 atom stereocenters. The van der Waals surface area contributed by atoms with Gasteiger partial charge in [0.05, 0.1) is 4.90 Å². The van der Waals surface area contributed by atoms with Crippen LogP contribution in [0, 0.1) is 5.92 Å². The van der Waals surface area contributed by atoms with Crippen LogP contribution in [0.5, 0.6) is 5.75 Å². The van der Waals surface area contributed by atoms with E-state index < -0.39 is 22.1 Å². The Bertz CT molecular complexity index is 615. The number of hydrogen-bond acceptors (Lipinski definition) is 4. The van der Waals surface area contributed by atoms with Gasteiger partial charge in [-0.15, -0.1) is 13.2 Å². The SMILES string of the molecule is CNC[C@@H]1CCCN(S(=O)(=O)c2ccc(OC(F)(F)F)cc2)C1. The first-order valence-corrected chi connectivity index (χ1v) is 8.67. The van der Waals surface area contributed by atoms with E-state index in [-0.39, 0.29) is 10.8 Å². The van der Waals surface area contributed by atoms with Gasteiger partial charge in [-0.05, 0) is 56.6 Å². The quantitative estimate of drug-likeness (QED) is 0.883. The second kappa shape index (κ2) is 7.06. The maximum Gasteiger partial charge on any atom is 0.573 e. The summed E-state index contributed by atoms with van der Waals surface area (Å²) in [5.74, 6) is -0.209. The van der Waals surface area contributed by atoms with E-state index in [1.807, 2.05) is 7.05 Å². The zero-order valence-electron chi connectivity index (χ0n) is 12.6. The summed E-state index contributed by atoms with van der Waals surface area (Å²) < 4.78 is 66.7. The predicted octanol–water partition coefficient (Wildman–Crippen LogP) is 2.21. The van der Waals surface area contributed by atoms with Crippen LogP contribution in [-0.2, 0) is 10.0 Å². The normalized spacial score (nSPS) is 20.4. The molecule has 0 aromatic heterocycles. The monoisotopic (exact) mass is 352 g/mol. The topological polar surface area (TPSA) is 58.6 Å². The predicted molar refractivity (Wildman–Crippen MR) is 78.5 cm³/mol. The lowest BCUT2D eigenvalue weighted by Gasteiger charge is -2.31. The van der Waals surface area contributed by atoms with Crippen LogP contribution < -0.4 is 10.1 Å². The van der Waals surface area contributed by atoms with Gasteiger partial charge in [-0.3, -0.25) is 0 Å². The fourth-order valence-corrected chi connectivity index (χ4v) is 4.22. The summed E-state index contributed by atoms with van der Waals surface area (Å²) in [6, 6.07) is 4.29. The van der Waals surface area contributed by atoms with Gasteiger partial charge >= 0.3 is 6.36 Å². The second-order valence-electron chi connectivity index (χ2n) is 5.45. The molecular weight excluding hydrogens is 333 g/mol. The number of nitrogens with zero attached hydrogens (tertiary/aromatic N) is 1. The highest BCUT2D eigenvalue weighted by Crippen LogP contribution is 2.27. The van der Waals surface area contributed by atoms with Crippen molar-refractivity contribution in [3.8, 4) is 5.75 Å². The summed E-state index contributed by atoms with van der Waals surface area (Å²) in [4.78, 5) is -0.0304. The fourth-order valence-electron chi connectivity index (χ4n) is 2.66.